The van der Waals surface area contributed by atoms with Gasteiger partial charge in [0.25, 0.3) is 5.91 Å². The van der Waals surface area contributed by atoms with Gasteiger partial charge in [-0.2, -0.15) is 0 Å². The molecule has 142 valence electrons. The highest BCUT2D eigenvalue weighted by atomic mass is 32.1. The van der Waals surface area contributed by atoms with Crippen LogP contribution in [-0.2, 0) is 6.54 Å². The number of hydrogen-bond acceptors (Lipinski definition) is 4. The molecule has 4 heterocycles. The molecule has 0 aliphatic carbocycles. The highest BCUT2D eigenvalue weighted by Crippen LogP contribution is 2.20. The number of piperidine rings is 1. The third-order valence-corrected chi connectivity index (χ3v) is 6.29. The van der Waals surface area contributed by atoms with Gasteiger partial charge in [-0.1, -0.05) is 0 Å². The molecule has 1 fully saturated rings. The van der Waals surface area contributed by atoms with Crippen LogP contribution < -0.4 is 5.32 Å². The molecule has 1 saturated heterocycles. The summed E-state index contributed by atoms with van der Waals surface area (Å²) in [5, 5.41) is 5.11. The molecule has 27 heavy (non-hydrogen) atoms. The summed E-state index contributed by atoms with van der Waals surface area (Å²) in [6, 6.07) is 6.22. The zero-order chi connectivity index (χ0) is 18.8. The average Bonchev–Trinajstić information content (AvgIpc) is 3.25. The standard InChI is InChI=1S/C21H26N4OS/c1-15-5-8-25-14-18(23-19(25)10-15)13-24-7-3-4-17(12-24)11-22-21(26)20-16(2)6-9-27-20/h5-6,8-10,14,17H,3-4,7,11-13H2,1-2H3,(H,22,26). The number of rotatable bonds is 5. The molecule has 0 saturated carbocycles. The first-order valence-corrected chi connectivity index (χ1v) is 10.5. The van der Waals surface area contributed by atoms with Gasteiger partial charge in [0.15, 0.2) is 0 Å². The minimum absolute atomic E-state index is 0.0651. The van der Waals surface area contributed by atoms with Crippen LogP contribution in [0.4, 0.5) is 0 Å². The van der Waals surface area contributed by atoms with Gasteiger partial charge in [-0.3, -0.25) is 9.69 Å². The Morgan fingerprint density at radius 2 is 2.26 bits per heavy atom. The van der Waals surface area contributed by atoms with E-state index in [2.05, 4.69) is 46.1 Å². The number of amides is 1. The molecule has 1 atom stereocenters. The number of hydrogen-bond donors (Lipinski definition) is 1. The summed E-state index contributed by atoms with van der Waals surface area (Å²) in [4.78, 5) is 20.4. The number of likely N-dealkylation sites (tertiary alicyclic amines) is 1. The van der Waals surface area contributed by atoms with E-state index in [0.29, 0.717) is 5.92 Å². The smallest absolute Gasteiger partial charge is 0.261 e. The molecule has 0 spiro atoms. The topological polar surface area (TPSA) is 49.6 Å². The predicted molar refractivity (Wildman–Crippen MR) is 109 cm³/mol. The van der Waals surface area contributed by atoms with Crippen LogP contribution in [-0.4, -0.2) is 39.8 Å². The molecule has 5 nitrogen and oxygen atoms in total. The lowest BCUT2D eigenvalue weighted by molar-refractivity contribution is 0.0934. The van der Waals surface area contributed by atoms with Crippen LogP contribution in [0.5, 0.6) is 0 Å². The predicted octanol–water partition coefficient (Wildman–Crippen LogP) is 3.65. The number of imidazole rings is 1. The van der Waals surface area contributed by atoms with Crippen LogP contribution in [0.2, 0.25) is 0 Å². The van der Waals surface area contributed by atoms with E-state index in [4.69, 9.17) is 4.98 Å². The van der Waals surface area contributed by atoms with E-state index in [9.17, 15) is 4.79 Å². The Kier molecular flexibility index (Phi) is 5.27. The van der Waals surface area contributed by atoms with Crippen LogP contribution in [0.15, 0.2) is 36.0 Å². The van der Waals surface area contributed by atoms with Crippen molar-refractivity contribution in [2.45, 2.75) is 33.2 Å². The molecular formula is C21H26N4OS. The summed E-state index contributed by atoms with van der Waals surface area (Å²) >= 11 is 1.52. The Balaban J connectivity index is 1.33. The molecule has 3 aromatic heterocycles. The number of aryl methyl sites for hydroxylation is 2. The van der Waals surface area contributed by atoms with E-state index in [-0.39, 0.29) is 5.91 Å². The second-order valence-corrected chi connectivity index (χ2v) is 8.50. The maximum atomic E-state index is 12.3. The first-order valence-electron chi connectivity index (χ1n) is 9.57. The number of nitrogens with one attached hydrogen (secondary N) is 1. The maximum absolute atomic E-state index is 12.3. The molecule has 1 amide bonds. The molecule has 1 aliphatic heterocycles. The quantitative estimate of drug-likeness (QED) is 0.733. The normalized spacial score (nSPS) is 18.1. The van der Waals surface area contributed by atoms with Crippen LogP contribution in [0.3, 0.4) is 0 Å². The highest BCUT2D eigenvalue weighted by Gasteiger charge is 2.22. The fraction of sp³-hybridized carbons (Fsp3) is 0.429. The lowest BCUT2D eigenvalue weighted by Crippen LogP contribution is -2.40. The molecule has 0 radical (unpaired) electrons. The fourth-order valence-electron chi connectivity index (χ4n) is 3.83. The molecule has 3 aromatic rings. The molecule has 0 bridgehead atoms. The molecule has 6 heteroatoms. The lowest BCUT2D eigenvalue weighted by Gasteiger charge is -2.32. The zero-order valence-electron chi connectivity index (χ0n) is 15.9. The fourth-order valence-corrected chi connectivity index (χ4v) is 4.67. The number of nitrogens with zero attached hydrogens (tertiary/aromatic N) is 3. The third-order valence-electron chi connectivity index (χ3n) is 5.27. The molecule has 1 unspecified atom stereocenters. The Bertz CT molecular complexity index is 945. The van der Waals surface area contributed by atoms with E-state index in [1.807, 2.05) is 18.4 Å². The first kappa shape index (κ1) is 18.2. The number of carbonyl (C=O) groups excluding carboxylic acids is 1. The minimum Gasteiger partial charge on any atom is -0.351 e. The van der Waals surface area contributed by atoms with Crippen molar-refractivity contribution in [2.24, 2.45) is 5.92 Å². The molecule has 0 aromatic carbocycles. The van der Waals surface area contributed by atoms with E-state index >= 15 is 0 Å². The largest absolute Gasteiger partial charge is 0.351 e. The van der Waals surface area contributed by atoms with Gasteiger partial charge in [0.2, 0.25) is 0 Å². The lowest BCUT2D eigenvalue weighted by atomic mass is 9.98. The summed E-state index contributed by atoms with van der Waals surface area (Å²) in [6.45, 7) is 7.81. The molecule has 1 aliphatic rings. The Labute approximate surface area is 164 Å². The maximum Gasteiger partial charge on any atom is 0.261 e. The Hall–Kier alpha value is -2.18. The van der Waals surface area contributed by atoms with Gasteiger partial charge in [-0.05, 0) is 73.9 Å². The summed E-state index contributed by atoms with van der Waals surface area (Å²) in [5.41, 5.74) is 4.41. The van der Waals surface area contributed by atoms with Crippen LogP contribution in [0, 0.1) is 19.8 Å². The van der Waals surface area contributed by atoms with Gasteiger partial charge in [0.05, 0.1) is 10.6 Å². The van der Waals surface area contributed by atoms with Crippen molar-refractivity contribution >= 4 is 22.9 Å². The van der Waals surface area contributed by atoms with Crippen molar-refractivity contribution in [3.63, 3.8) is 0 Å². The van der Waals surface area contributed by atoms with Gasteiger partial charge in [-0.15, -0.1) is 11.3 Å². The first-order chi connectivity index (χ1) is 13.1. The third kappa shape index (κ3) is 4.22. The van der Waals surface area contributed by atoms with Gasteiger partial charge in [0.1, 0.15) is 5.65 Å². The van der Waals surface area contributed by atoms with Crippen LogP contribution in [0.25, 0.3) is 5.65 Å². The molecule has 1 N–H and O–H groups in total. The van der Waals surface area contributed by atoms with Crippen molar-refractivity contribution in [3.05, 3.63) is 57.7 Å². The van der Waals surface area contributed by atoms with Gasteiger partial charge < -0.3 is 9.72 Å². The highest BCUT2D eigenvalue weighted by molar-refractivity contribution is 7.12. The Morgan fingerprint density at radius 3 is 3.07 bits per heavy atom. The Morgan fingerprint density at radius 1 is 1.37 bits per heavy atom. The zero-order valence-corrected chi connectivity index (χ0v) is 16.8. The molecule has 4 rings (SSSR count). The number of pyridine rings is 1. The van der Waals surface area contributed by atoms with E-state index in [0.717, 1.165) is 48.0 Å². The van der Waals surface area contributed by atoms with Crippen molar-refractivity contribution in [1.29, 1.82) is 0 Å². The average molecular weight is 383 g/mol. The van der Waals surface area contributed by atoms with Crippen molar-refractivity contribution in [3.8, 4) is 0 Å². The number of fused-ring (bicyclic) bond motifs is 1. The van der Waals surface area contributed by atoms with E-state index in [1.54, 1.807) is 0 Å². The van der Waals surface area contributed by atoms with E-state index in [1.165, 1.54) is 29.7 Å². The summed E-state index contributed by atoms with van der Waals surface area (Å²) in [6.07, 6.45) is 6.54. The van der Waals surface area contributed by atoms with Crippen LogP contribution in [0.1, 0.15) is 39.3 Å². The monoisotopic (exact) mass is 382 g/mol. The summed E-state index contributed by atoms with van der Waals surface area (Å²) < 4.78 is 2.09. The van der Waals surface area contributed by atoms with Crippen molar-refractivity contribution < 1.29 is 4.79 Å². The molecular weight excluding hydrogens is 356 g/mol. The SMILES string of the molecule is Cc1ccn2cc(CN3CCCC(CNC(=O)c4sccc4C)C3)nc2c1. The summed E-state index contributed by atoms with van der Waals surface area (Å²) in [5.74, 6) is 0.567. The van der Waals surface area contributed by atoms with Crippen LogP contribution >= 0.6 is 11.3 Å². The van der Waals surface area contributed by atoms with Gasteiger partial charge in [0, 0.05) is 32.0 Å². The minimum atomic E-state index is 0.0651. The van der Waals surface area contributed by atoms with Gasteiger partial charge >= 0.3 is 0 Å². The number of thiophene rings is 1. The second kappa shape index (κ2) is 7.82. The van der Waals surface area contributed by atoms with Crippen molar-refractivity contribution in [2.75, 3.05) is 19.6 Å². The second-order valence-electron chi connectivity index (χ2n) is 7.59. The number of carbonyl (C=O) groups is 1. The van der Waals surface area contributed by atoms with E-state index < -0.39 is 0 Å². The van der Waals surface area contributed by atoms with Gasteiger partial charge in [-0.25, -0.2) is 4.98 Å². The summed E-state index contributed by atoms with van der Waals surface area (Å²) in [7, 11) is 0. The number of aromatic nitrogens is 2. The van der Waals surface area contributed by atoms with Crippen molar-refractivity contribution in [1.82, 2.24) is 19.6 Å².